The van der Waals surface area contributed by atoms with Crippen LogP contribution in [0, 0.1) is 28.6 Å². The highest BCUT2D eigenvalue weighted by Crippen LogP contribution is 2.79. The van der Waals surface area contributed by atoms with Crippen molar-refractivity contribution in [2.75, 3.05) is 6.61 Å². The average molecular weight is 180 g/mol. The Morgan fingerprint density at radius 1 is 1.23 bits per heavy atom. The summed E-state index contributed by atoms with van der Waals surface area (Å²) in [6.45, 7) is 5.34. The SMILES string of the molecule is CC1(C)C2CCC(C2)C12CC2CO. The van der Waals surface area contributed by atoms with Crippen LogP contribution in [-0.2, 0) is 0 Å². The summed E-state index contributed by atoms with van der Waals surface area (Å²) in [6, 6.07) is 0. The topological polar surface area (TPSA) is 20.2 Å². The number of aliphatic hydroxyl groups excluding tert-OH is 1. The lowest BCUT2D eigenvalue weighted by Crippen LogP contribution is -2.34. The lowest BCUT2D eigenvalue weighted by molar-refractivity contribution is 0.0718. The van der Waals surface area contributed by atoms with Crippen LogP contribution in [-0.4, -0.2) is 11.7 Å². The van der Waals surface area contributed by atoms with Gasteiger partial charge in [0.25, 0.3) is 0 Å². The molecular weight excluding hydrogens is 160 g/mol. The van der Waals surface area contributed by atoms with E-state index in [4.69, 9.17) is 0 Å². The first kappa shape index (κ1) is 8.28. The summed E-state index contributed by atoms with van der Waals surface area (Å²) in [4.78, 5) is 0. The van der Waals surface area contributed by atoms with Crippen molar-refractivity contribution in [3.8, 4) is 0 Å². The molecule has 3 aliphatic rings. The Kier molecular flexibility index (Phi) is 1.36. The van der Waals surface area contributed by atoms with E-state index in [0.29, 0.717) is 23.4 Å². The maximum Gasteiger partial charge on any atom is 0.0465 e. The molecule has 0 aromatic carbocycles. The minimum Gasteiger partial charge on any atom is -0.396 e. The number of hydrogen-bond acceptors (Lipinski definition) is 1. The van der Waals surface area contributed by atoms with Gasteiger partial charge in [-0.1, -0.05) is 13.8 Å². The lowest BCUT2D eigenvalue weighted by atomic mass is 9.65. The van der Waals surface area contributed by atoms with Crippen LogP contribution in [0.3, 0.4) is 0 Å². The molecule has 0 saturated heterocycles. The molecule has 4 unspecified atom stereocenters. The maximum absolute atomic E-state index is 9.29. The summed E-state index contributed by atoms with van der Waals surface area (Å²) < 4.78 is 0. The van der Waals surface area contributed by atoms with Crippen molar-refractivity contribution in [1.82, 2.24) is 0 Å². The third-order valence-corrected chi connectivity index (χ3v) is 5.75. The molecule has 4 atom stereocenters. The zero-order chi connectivity index (χ0) is 9.27. The predicted octanol–water partition coefficient (Wildman–Crippen LogP) is 2.44. The quantitative estimate of drug-likeness (QED) is 0.657. The Morgan fingerprint density at radius 2 is 1.92 bits per heavy atom. The second-order valence-electron chi connectivity index (χ2n) is 6.05. The first-order valence-electron chi connectivity index (χ1n) is 5.74. The zero-order valence-corrected chi connectivity index (χ0v) is 8.71. The van der Waals surface area contributed by atoms with E-state index in [2.05, 4.69) is 13.8 Å². The van der Waals surface area contributed by atoms with Gasteiger partial charge in [0.2, 0.25) is 0 Å². The van der Waals surface area contributed by atoms with Crippen LogP contribution in [0.4, 0.5) is 0 Å². The van der Waals surface area contributed by atoms with Gasteiger partial charge in [0.05, 0.1) is 0 Å². The third kappa shape index (κ3) is 0.707. The van der Waals surface area contributed by atoms with Crippen LogP contribution in [0.25, 0.3) is 0 Å². The molecule has 0 radical (unpaired) electrons. The fourth-order valence-corrected chi connectivity index (χ4v) is 4.88. The van der Waals surface area contributed by atoms with Crippen LogP contribution in [0.5, 0.6) is 0 Å². The molecule has 0 amide bonds. The van der Waals surface area contributed by atoms with Crippen molar-refractivity contribution in [3.05, 3.63) is 0 Å². The predicted molar refractivity (Wildman–Crippen MR) is 52.2 cm³/mol. The van der Waals surface area contributed by atoms with Crippen molar-refractivity contribution in [1.29, 1.82) is 0 Å². The monoisotopic (exact) mass is 180 g/mol. The van der Waals surface area contributed by atoms with Crippen molar-refractivity contribution in [2.45, 2.75) is 39.5 Å². The normalized spacial score (nSPS) is 56.1. The van der Waals surface area contributed by atoms with Crippen LogP contribution >= 0.6 is 0 Å². The van der Waals surface area contributed by atoms with Gasteiger partial charge in [-0.2, -0.15) is 0 Å². The van der Waals surface area contributed by atoms with Crippen molar-refractivity contribution < 1.29 is 5.11 Å². The Balaban J connectivity index is 1.97. The van der Waals surface area contributed by atoms with Crippen molar-refractivity contribution in [3.63, 3.8) is 0 Å². The van der Waals surface area contributed by atoms with E-state index in [9.17, 15) is 5.11 Å². The van der Waals surface area contributed by atoms with Crippen molar-refractivity contribution in [2.24, 2.45) is 28.6 Å². The summed E-state index contributed by atoms with van der Waals surface area (Å²) >= 11 is 0. The summed E-state index contributed by atoms with van der Waals surface area (Å²) in [5, 5.41) is 9.29. The fourth-order valence-electron chi connectivity index (χ4n) is 4.88. The molecule has 3 rings (SSSR count). The Morgan fingerprint density at radius 3 is 2.38 bits per heavy atom. The van der Waals surface area contributed by atoms with Gasteiger partial charge >= 0.3 is 0 Å². The number of rotatable bonds is 1. The van der Waals surface area contributed by atoms with E-state index in [0.717, 1.165) is 11.8 Å². The zero-order valence-electron chi connectivity index (χ0n) is 8.71. The smallest absolute Gasteiger partial charge is 0.0465 e. The van der Waals surface area contributed by atoms with Crippen LogP contribution in [0.2, 0.25) is 0 Å². The van der Waals surface area contributed by atoms with Gasteiger partial charge in [0.1, 0.15) is 0 Å². The molecule has 3 aliphatic carbocycles. The largest absolute Gasteiger partial charge is 0.396 e. The van der Waals surface area contributed by atoms with Gasteiger partial charge in [0, 0.05) is 6.61 Å². The molecule has 0 aromatic heterocycles. The first-order chi connectivity index (χ1) is 6.13. The summed E-state index contributed by atoms with van der Waals surface area (Å²) in [6.07, 6.45) is 5.68. The van der Waals surface area contributed by atoms with Crippen LogP contribution < -0.4 is 0 Å². The molecule has 3 fully saturated rings. The van der Waals surface area contributed by atoms with Gasteiger partial charge in [0.15, 0.2) is 0 Å². The Hall–Kier alpha value is -0.0400. The molecule has 1 heteroatoms. The number of aliphatic hydroxyl groups is 1. The molecule has 0 aromatic rings. The summed E-state index contributed by atoms with van der Waals surface area (Å²) in [5.41, 5.74) is 1.11. The highest BCUT2D eigenvalue weighted by atomic mass is 16.3. The van der Waals surface area contributed by atoms with Crippen LogP contribution in [0.15, 0.2) is 0 Å². The minimum absolute atomic E-state index is 0.437. The van der Waals surface area contributed by atoms with E-state index >= 15 is 0 Å². The average Bonchev–Trinajstić information content (AvgIpc) is 2.56. The lowest BCUT2D eigenvalue weighted by Gasteiger charge is -2.40. The first-order valence-corrected chi connectivity index (χ1v) is 5.74. The molecule has 1 spiro atoms. The highest BCUT2D eigenvalue weighted by Gasteiger charge is 2.73. The highest BCUT2D eigenvalue weighted by molar-refractivity contribution is 5.21. The standard InChI is InChI=1S/C12H20O/c1-11(2)8-3-4-9(5-8)12(11)6-10(12)7-13/h8-10,13H,3-7H2,1-2H3. The van der Waals surface area contributed by atoms with E-state index in [1.54, 1.807) is 0 Å². The fraction of sp³-hybridized carbons (Fsp3) is 1.00. The number of hydrogen-bond donors (Lipinski definition) is 1. The molecule has 0 aliphatic heterocycles. The third-order valence-electron chi connectivity index (χ3n) is 5.75. The molecule has 0 heterocycles. The van der Waals surface area contributed by atoms with E-state index < -0.39 is 0 Å². The Bertz CT molecular complexity index is 246. The summed E-state index contributed by atoms with van der Waals surface area (Å²) in [5.74, 6) is 2.58. The van der Waals surface area contributed by atoms with Crippen LogP contribution in [0.1, 0.15) is 39.5 Å². The molecule has 1 nitrogen and oxygen atoms in total. The van der Waals surface area contributed by atoms with E-state index in [1.165, 1.54) is 25.7 Å². The minimum atomic E-state index is 0.437. The summed E-state index contributed by atoms with van der Waals surface area (Å²) in [7, 11) is 0. The van der Waals surface area contributed by atoms with Gasteiger partial charge in [-0.3, -0.25) is 0 Å². The van der Waals surface area contributed by atoms with E-state index in [-0.39, 0.29) is 0 Å². The molecule has 1 N–H and O–H groups in total. The van der Waals surface area contributed by atoms with Gasteiger partial charge in [-0.15, -0.1) is 0 Å². The second kappa shape index (κ2) is 2.13. The van der Waals surface area contributed by atoms with Crippen molar-refractivity contribution >= 4 is 0 Å². The Labute approximate surface area is 80.5 Å². The molecule has 74 valence electrons. The molecule has 3 saturated carbocycles. The molecule has 2 bridgehead atoms. The second-order valence-corrected chi connectivity index (χ2v) is 6.05. The van der Waals surface area contributed by atoms with E-state index in [1.807, 2.05) is 0 Å². The molecule has 13 heavy (non-hydrogen) atoms. The maximum atomic E-state index is 9.29. The van der Waals surface area contributed by atoms with Gasteiger partial charge in [-0.25, -0.2) is 0 Å². The van der Waals surface area contributed by atoms with Gasteiger partial charge in [-0.05, 0) is 54.3 Å². The molecular formula is C12H20O. The van der Waals surface area contributed by atoms with Gasteiger partial charge < -0.3 is 5.11 Å². The number of fused-ring (bicyclic) bond motifs is 3.